The summed E-state index contributed by atoms with van der Waals surface area (Å²) < 4.78 is 5.78. The van der Waals surface area contributed by atoms with Crippen LogP contribution < -0.4 is 5.32 Å². The van der Waals surface area contributed by atoms with E-state index >= 15 is 0 Å². The molecule has 0 spiro atoms. The maximum Gasteiger partial charge on any atom is 0.106 e. The van der Waals surface area contributed by atoms with Gasteiger partial charge in [0.15, 0.2) is 0 Å². The molecule has 102 valence electrons. The van der Waals surface area contributed by atoms with Gasteiger partial charge in [0.2, 0.25) is 0 Å². The number of aryl methyl sites for hydroxylation is 2. The Morgan fingerprint density at radius 1 is 1.11 bits per heavy atom. The quantitative estimate of drug-likeness (QED) is 0.853. The van der Waals surface area contributed by atoms with Crippen molar-refractivity contribution in [3.8, 4) is 0 Å². The van der Waals surface area contributed by atoms with E-state index in [0.717, 1.165) is 17.4 Å². The van der Waals surface area contributed by atoms with Crippen molar-refractivity contribution in [3.63, 3.8) is 0 Å². The van der Waals surface area contributed by atoms with Crippen LogP contribution in [0, 0.1) is 26.7 Å². The molecular weight excluding hydrogens is 222 g/mol. The molecule has 0 bridgehead atoms. The Labute approximate surface area is 111 Å². The van der Waals surface area contributed by atoms with Crippen LogP contribution in [0.2, 0.25) is 0 Å². The van der Waals surface area contributed by atoms with Gasteiger partial charge >= 0.3 is 0 Å². The summed E-state index contributed by atoms with van der Waals surface area (Å²) in [5.41, 5.74) is 2.74. The molecule has 0 saturated heterocycles. The van der Waals surface area contributed by atoms with Gasteiger partial charge in [-0.1, -0.05) is 32.1 Å². The van der Waals surface area contributed by atoms with Crippen LogP contribution in [-0.2, 0) is 0 Å². The van der Waals surface area contributed by atoms with Gasteiger partial charge in [0.25, 0.3) is 0 Å². The first kappa shape index (κ1) is 13.7. The smallest absolute Gasteiger partial charge is 0.106 e. The first-order chi connectivity index (χ1) is 8.63. The average molecular weight is 249 g/mol. The molecule has 1 aromatic rings. The van der Waals surface area contributed by atoms with Gasteiger partial charge in [0.1, 0.15) is 11.5 Å². The van der Waals surface area contributed by atoms with Crippen molar-refractivity contribution in [1.82, 2.24) is 5.32 Å². The van der Waals surface area contributed by atoms with Crippen molar-refractivity contribution in [2.24, 2.45) is 5.92 Å². The van der Waals surface area contributed by atoms with Crippen molar-refractivity contribution in [2.75, 3.05) is 7.05 Å². The van der Waals surface area contributed by atoms with Crippen molar-refractivity contribution in [2.45, 2.75) is 65.3 Å². The Morgan fingerprint density at radius 2 is 1.78 bits per heavy atom. The normalized spacial score (nSPS) is 19.1. The van der Waals surface area contributed by atoms with E-state index in [-0.39, 0.29) is 0 Å². The lowest BCUT2D eigenvalue weighted by Crippen LogP contribution is -2.22. The summed E-state index contributed by atoms with van der Waals surface area (Å²) in [6.45, 7) is 6.35. The predicted octanol–water partition coefficient (Wildman–Crippen LogP) is 4.44. The summed E-state index contributed by atoms with van der Waals surface area (Å²) >= 11 is 0. The lowest BCUT2D eigenvalue weighted by molar-refractivity contribution is 0.304. The van der Waals surface area contributed by atoms with Crippen LogP contribution in [-0.4, -0.2) is 7.05 Å². The molecule has 0 aromatic carbocycles. The van der Waals surface area contributed by atoms with E-state index in [9.17, 15) is 0 Å². The van der Waals surface area contributed by atoms with E-state index < -0.39 is 0 Å². The first-order valence-corrected chi connectivity index (χ1v) is 7.37. The SMILES string of the molecule is CNC(CC1CCCCC1)c1c(C)oc(C)c1C. The second-order valence-corrected chi connectivity index (χ2v) is 5.83. The Hall–Kier alpha value is -0.760. The van der Waals surface area contributed by atoms with Crippen molar-refractivity contribution in [3.05, 3.63) is 22.6 Å². The molecule has 1 atom stereocenters. The maximum atomic E-state index is 5.78. The summed E-state index contributed by atoms with van der Waals surface area (Å²) in [5, 5.41) is 3.50. The van der Waals surface area contributed by atoms with Crippen molar-refractivity contribution in [1.29, 1.82) is 0 Å². The molecule has 0 aliphatic heterocycles. The molecule has 1 heterocycles. The molecule has 1 unspecified atom stereocenters. The van der Waals surface area contributed by atoms with Crippen molar-refractivity contribution >= 4 is 0 Å². The summed E-state index contributed by atoms with van der Waals surface area (Å²) in [6, 6.07) is 0.463. The van der Waals surface area contributed by atoms with Gasteiger partial charge < -0.3 is 9.73 Å². The topological polar surface area (TPSA) is 25.2 Å². The number of rotatable bonds is 4. The van der Waals surface area contributed by atoms with E-state index in [2.05, 4.69) is 33.1 Å². The zero-order valence-electron chi connectivity index (χ0n) is 12.3. The van der Waals surface area contributed by atoms with Crippen LogP contribution in [0.5, 0.6) is 0 Å². The lowest BCUT2D eigenvalue weighted by atomic mass is 9.83. The Balaban J connectivity index is 2.12. The van der Waals surface area contributed by atoms with Gasteiger partial charge in [-0.25, -0.2) is 0 Å². The van der Waals surface area contributed by atoms with Crippen molar-refractivity contribution < 1.29 is 4.42 Å². The van der Waals surface area contributed by atoms with Crippen LogP contribution in [0.25, 0.3) is 0 Å². The maximum absolute atomic E-state index is 5.78. The predicted molar refractivity (Wildman–Crippen MR) is 75.9 cm³/mol. The second kappa shape index (κ2) is 5.92. The van der Waals surface area contributed by atoms with E-state index in [1.165, 1.54) is 49.7 Å². The van der Waals surface area contributed by atoms with Crippen LogP contribution in [0.15, 0.2) is 4.42 Å². The Bertz CT molecular complexity index is 388. The van der Waals surface area contributed by atoms with Gasteiger partial charge in [-0.3, -0.25) is 0 Å². The molecule has 2 nitrogen and oxygen atoms in total. The first-order valence-electron chi connectivity index (χ1n) is 7.37. The molecule has 1 aromatic heterocycles. The largest absolute Gasteiger partial charge is 0.466 e. The van der Waals surface area contributed by atoms with Crippen LogP contribution in [0.4, 0.5) is 0 Å². The molecule has 1 N–H and O–H groups in total. The molecule has 1 aliphatic carbocycles. The third-order valence-electron chi connectivity index (χ3n) is 4.61. The van der Waals surface area contributed by atoms with Crippen LogP contribution in [0.1, 0.15) is 67.2 Å². The minimum absolute atomic E-state index is 0.463. The summed E-state index contributed by atoms with van der Waals surface area (Å²) in [4.78, 5) is 0. The van der Waals surface area contributed by atoms with Gasteiger partial charge in [-0.2, -0.15) is 0 Å². The highest BCUT2D eigenvalue weighted by Gasteiger charge is 2.24. The third kappa shape index (κ3) is 2.80. The summed E-state index contributed by atoms with van der Waals surface area (Å²) in [7, 11) is 2.08. The summed E-state index contributed by atoms with van der Waals surface area (Å²) in [5.74, 6) is 3.07. The number of furan rings is 1. The fourth-order valence-electron chi connectivity index (χ4n) is 3.46. The van der Waals surface area contributed by atoms with Crippen LogP contribution in [0.3, 0.4) is 0 Å². The van der Waals surface area contributed by atoms with E-state index in [4.69, 9.17) is 4.42 Å². The van der Waals surface area contributed by atoms with E-state index in [1.807, 2.05) is 0 Å². The molecule has 0 amide bonds. The highest BCUT2D eigenvalue weighted by Crippen LogP contribution is 2.35. The highest BCUT2D eigenvalue weighted by molar-refractivity contribution is 5.34. The molecule has 18 heavy (non-hydrogen) atoms. The number of hydrogen-bond acceptors (Lipinski definition) is 2. The Morgan fingerprint density at radius 3 is 2.28 bits per heavy atom. The highest BCUT2D eigenvalue weighted by atomic mass is 16.3. The molecule has 2 heteroatoms. The minimum Gasteiger partial charge on any atom is -0.466 e. The third-order valence-corrected chi connectivity index (χ3v) is 4.61. The van der Waals surface area contributed by atoms with Gasteiger partial charge in [0, 0.05) is 11.6 Å². The molecule has 1 aliphatic rings. The lowest BCUT2D eigenvalue weighted by Gasteiger charge is -2.26. The minimum atomic E-state index is 0.463. The fourth-order valence-corrected chi connectivity index (χ4v) is 3.46. The van der Waals surface area contributed by atoms with Gasteiger partial charge in [-0.15, -0.1) is 0 Å². The monoisotopic (exact) mass is 249 g/mol. The molecule has 1 saturated carbocycles. The van der Waals surface area contributed by atoms with E-state index in [1.54, 1.807) is 0 Å². The molecule has 1 fully saturated rings. The number of nitrogens with one attached hydrogen (secondary N) is 1. The molecule has 0 radical (unpaired) electrons. The number of hydrogen-bond donors (Lipinski definition) is 1. The van der Waals surface area contributed by atoms with E-state index in [0.29, 0.717) is 6.04 Å². The molecular formula is C16H27NO. The standard InChI is InChI=1S/C16H27NO/c1-11-12(2)18-13(3)16(11)15(17-4)10-14-8-6-5-7-9-14/h14-15,17H,5-10H2,1-4H3. The zero-order valence-corrected chi connectivity index (χ0v) is 12.3. The van der Waals surface area contributed by atoms with Gasteiger partial charge in [-0.05, 0) is 45.7 Å². The molecule has 2 rings (SSSR count). The second-order valence-electron chi connectivity index (χ2n) is 5.83. The van der Waals surface area contributed by atoms with Gasteiger partial charge in [0.05, 0.1) is 0 Å². The van der Waals surface area contributed by atoms with Crippen LogP contribution >= 0.6 is 0 Å². The average Bonchev–Trinajstić information content (AvgIpc) is 2.62. The Kier molecular flexibility index (Phi) is 4.50. The fraction of sp³-hybridized carbons (Fsp3) is 0.750. The zero-order chi connectivity index (χ0) is 13.1. The summed E-state index contributed by atoms with van der Waals surface area (Å²) in [6.07, 6.45) is 8.36.